The van der Waals surface area contributed by atoms with E-state index < -0.39 is 12.0 Å². The average Bonchev–Trinajstić information content (AvgIpc) is 2.37. The molecule has 0 saturated carbocycles. The summed E-state index contributed by atoms with van der Waals surface area (Å²) in [5.41, 5.74) is 5.44. The Morgan fingerprint density at radius 2 is 2.21 bits per heavy atom. The van der Waals surface area contributed by atoms with Crippen LogP contribution in [0.2, 0.25) is 0 Å². The number of nitrogens with zero attached hydrogens (tertiary/aromatic N) is 3. The summed E-state index contributed by atoms with van der Waals surface area (Å²) in [6.45, 7) is 3.37. The number of hydrogen-bond acceptors (Lipinski definition) is 5. The van der Waals surface area contributed by atoms with Crippen LogP contribution in [0.4, 0.5) is 24.8 Å². The van der Waals surface area contributed by atoms with Gasteiger partial charge in [0.2, 0.25) is 5.82 Å². The maximum Gasteiger partial charge on any atom is 0.451 e. The summed E-state index contributed by atoms with van der Waals surface area (Å²) in [5, 5.41) is 0. The lowest BCUT2D eigenvalue weighted by molar-refractivity contribution is -0.144. The van der Waals surface area contributed by atoms with Gasteiger partial charge in [-0.15, -0.1) is 0 Å². The van der Waals surface area contributed by atoms with E-state index in [-0.39, 0.29) is 17.7 Å². The van der Waals surface area contributed by atoms with E-state index in [2.05, 4.69) is 9.97 Å². The van der Waals surface area contributed by atoms with Gasteiger partial charge in [-0.25, -0.2) is 9.97 Å². The summed E-state index contributed by atoms with van der Waals surface area (Å²) >= 11 is 0. The van der Waals surface area contributed by atoms with Gasteiger partial charge < -0.3 is 15.4 Å². The molecule has 1 aromatic heterocycles. The molecule has 1 unspecified atom stereocenters. The Labute approximate surface area is 108 Å². The highest BCUT2D eigenvalue weighted by molar-refractivity contribution is 5.48. The van der Waals surface area contributed by atoms with Gasteiger partial charge in [-0.3, -0.25) is 0 Å². The van der Waals surface area contributed by atoms with Gasteiger partial charge in [-0.05, 0) is 6.42 Å². The van der Waals surface area contributed by atoms with Crippen LogP contribution in [-0.2, 0) is 10.9 Å². The second-order valence-corrected chi connectivity index (χ2v) is 4.30. The molecule has 106 valence electrons. The predicted molar refractivity (Wildman–Crippen MR) is 63.7 cm³/mol. The van der Waals surface area contributed by atoms with Crippen LogP contribution in [0, 0.1) is 0 Å². The third-order valence-electron chi connectivity index (χ3n) is 2.98. The van der Waals surface area contributed by atoms with Gasteiger partial charge in [0.25, 0.3) is 0 Å². The first-order valence-corrected chi connectivity index (χ1v) is 5.98. The highest BCUT2D eigenvalue weighted by Crippen LogP contribution is 2.29. The van der Waals surface area contributed by atoms with Gasteiger partial charge in [-0.2, -0.15) is 13.2 Å². The molecule has 1 aliphatic rings. The lowest BCUT2D eigenvalue weighted by Crippen LogP contribution is -2.45. The summed E-state index contributed by atoms with van der Waals surface area (Å²) in [7, 11) is 0. The average molecular weight is 276 g/mol. The molecule has 0 spiro atoms. The minimum atomic E-state index is -4.60. The highest BCUT2D eigenvalue weighted by Gasteiger charge is 2.36. The van der Waals surface area contributed by atoms with Gasteiger partial charge >= 0.3 is 6.18 Å². The molecule has 5 nitrogen and oxygen atoms in total. The molecule has 0 amide bonds. The largest absolute Gasteiger partial charge is 0.451 e. The van der Waals surface area contributed by atoms with Crippen LogP contribution in [0.1, 0.15) is 19.2 Å². The van der Waals surface area contributed by atoms with E-state index in [0.29, 0.717) is 19.8 Å². The Kier molecular flexibility index (Phi) is 3.79. The Morgan fingerprint density at radius 3 is 2.84 bits per heavy atom. The monoisotopic (exact) mass is 276 g/mol. The van der Waals surface area contributed by atoms with Crippen molar-refractivity contribution in [3.05, 3.63) is 11.9 Å². The summed E-state index contributed by atoms with van der Waals surface area (Å²) in [6.07, 6.45) is -3.84. The maximum atomic E-state index is 12.7. The summed E-state index contributed by atoms with van der Waals surface area (Å²) < 4.78 is 43.3. The fraction of sp³-hybridized carbons (Fsp3) is 0.636. The van der Waals surface area contributed by atoms with Crippen molar-refractivity contribution in [1.82, 2.24) is 9.97 Å². The lowest BCUT2D eigenvalue weighted by Gasteiger charge is -2.36. The zero-order chi connectivity index (χ0) is 14.0. The number of aromatic nitrogens is 2. The molecule has 1 aromatic rings. The molecule has 1 atom stereocenters. The number of halogens is 3. The van der Waals surface area contributed by atoms with E-state index in [0.717, 1.165) is 6.42 Å². The second-order valence-electron chi connectivity index (χ2n) is 4.30. The first-order chi connectivity index (χ1) is 8.91. The standard InChI is InChI=1S/C11H15F3N4O/c1-2-7-6-19-4-3-18(7)9-5-8(15)16-10(17-9)11(12,13)14/h5,7H,2-4,6H2,1H3,(H2,15,16,17). The van der Waals surface area contributed by atoms with E-state index in [9.17, 15) is 13.2 Å². The third kappa shape index (κ3) is 3.06. The van der Waals surface area contributed by atoms with Gasteiger partial charge in [-0.1, -0.05) is 6.92 Å². The Hall–Kier alpha value is -1.57. The number of morpholine rings is 1. The Balaban J connectivity index is 2.35. The minimum Gasteiger partial charge on any atom is -0.384 e. The molecule has 2 heterocycles. The van der Waals surface area contributed by atoms with Crippen molar-refractivity contribution >= 4 is 11.6 Å². The van der Waals surface area contributed by atoms with Crippen LogP contribution in [-0.4, -0.2) is 35.8 Å². The van der Waals surface area contributed by atoms with E-state index >= 15 is 0 Å². The normalized spacial score (nSPS) is 20.6. The van der Waals surface area contributed by atoms with Crippen LogP contribution < -0.4 is 10.6 Å². The quantitative estimate of drug-likeness (QED) is 0.890. The molecule has 0 bridgehead atoms. The SMILES string of the molecule is CCC1COCCN1c1cc(N)nc(C(F)(F)F)n1. The zero-order valence-corrected chi connectivity index (χ0v) is 10.4. The van der Waals surface area contributed by atoms with E-state index in [1.165, 1.54) is 6.07 Å². The van der Waals surface area contributed by atoms with Crippen molar-refractivity contribution in [2.45, 2.75) is 25.6 Å². The molecule has 1 saturated heterocycles. The predicted octanol–water partition coefficient (Wildman–Crippen LogP) is 1.69. The lowest BCUT2D eigenvalue weighted by atomic mass is 10.2. The van der Waals surface area contributed by atoms with Crippen LogP contribution in [0.5, 0.6) is 0 Å². The van der Waals surface area contributed by atoms with Gasteiger partial charge in [0.05, 0.1) is 19.3 Å². The van der Waals surface area contributed by atoms with Crippen LogP contribution in [0.15, 0.2) is 6.07 Å². The molecule has 1 aliphatic heterocycles. The summed E-state index contributed by atoms with van der Waals surface area (Å²) in [5.74, 6) is -1.18. The van der Waals surface area contributed by atoms with Crippen LogP contribution in [0.25, 0.3) is 0 Å². The maximum absolute atomic E-state index is 12.7. The fourth-order valence-corrected chi connectivity index (χ4v) is 2.02. The van der Waals surface area contributed by atoms with E-state index in [4.69, 9.17) is 10.5 Å². The summed E-state index contributed by atoms with van der Waals surface area (Å²) in [4.78, 5) is 8.60. The highest BCUT2D eigenvalue weighted by atomic mass is 19.4. The molecule has 8 heteroatoms. The molecular formula is C11H15F3N4O. The number of hydrogen-bond donors (Lipinski definition) is 1. The third-order valence-corrected chi connectivity index (χ3v) is 2.98. The first kappa shape index (κ1) is 13.9. The Morgan fingerprint density at radius 1 is 1.47 bits per heavy atom. The van der Waals surface area contributed by atoms with E-state index in [1.54, 1.807) is 4.90 Å². The second kappa shape index (κ2) is 5.20. The van der Waals surface area contributed by atoms with Crippen LogP contribution >= 0.6 is 0 Å². The van der Waals surface area contributed by atoms with Crippen molar-refractivity contribution in [1.29, 1.82) is 0 Å². The van der Waals surface area contributed by atoms with Crippen molar-refractivity contribution < 1.29 is 17.9 Å². The number of anilines is 2. The molecule has 2 N–H and O–H groups in total. The molecule has 0 radical (unpaired) electrons. The number of ether oxygens (including phenoxy) is 1. The van der Waals surface area contributed by atoms with Crippen molar-refractivity contribution in [2.24, 2.45) is 0 Å². The Bertz CT molecular complexity index is 452. The summed E-state index contributed by atoms with van der Waals surface area (Å²) in [6, 6.07) is 1.37. The first-order valence-electron chi connectivity index (χ1n) is 5.98. The zero-order valence-electron chi connectivity index (χ0n) is 10.4. The molecule has 1 fully saturated rings. The van der Waals surface area contributed by atoms with Gasteiger partial charge in [0.1, 0.15) is 11.6 Å². The van der Waals surface area contributed by atoms with Gasteiger partial charge in [0, 0.05) is 12.6 Å². The van der Waals surface area contributed by atoms with Crippen molar-refractivity contribution in [3.63, 3.8) is 0 Å². The molecule has 2 rings (SSSR count). The number of alkyl halides is 3. The number of rotatable bonds is 2. The molecule has 0 aromatic carbocycles. The van der Waals surface area contributed by atoms with Crippen molar-refractivity contribution in [3.8, 4) is 0 Å². The van der Waals surface area contributed by atoms with E-state index in [1.807, 2.05) is 6.92 Å². The number of nitrogen functional groups attached to an aromatic ring is 1. The van der Waals surface area contributed by atoms with Crippen molar-refractivity contribution in [2.75, 3.05) is 30.4 Å². The molecule has 0 aliphatic carbocycles. The van der Waals surface area contributed by atoms with Gasteiger partial charge in [0.15, 0.2) is 0 Å². The minimum absolute atomic E-state index is 0.00383. The molecule has 19 heavy (non-hydrogen) atoms. The topological polar surface area (TPSA) is 64.3 Å². The van der Waals surface area contributed by atoms with Crippen LogP contribution in [0.3, 0.4) is 0 Å². The smallest absolute Gasteiger partial charge is 0.384 e. The molecular weight excluding hydrogens is 261 g/mol. The number of nitrogens with two attached hydrogens (primary N) is 1. The fourth-order valence-electron chi connectivity index (χ4n) is 2.02.